The number of hydrogen-bond donors (Lipinski definition) is 1. The van der Waals surface area contributed by atoms with Crippen LogP contribution in [0.4, 0.5) is 0 Å². The predicted octanol–water partition coefficient (Wildman–Crippen LogP) is 3.03. The third kappa shape index (κ3) is 6.03. The quantitative estimate of drug-likeness (QED) is 0.361. The van der Waals surface area contributed by atoms with E-state index in [9.17, 15) is 14.4 Å². The highest BCUT2D eigenvalue weighted by Crippen LogP contribution is 2.21. The van der Waals surface area contributed by atoms with Crippen molar-refractivity contribution in [3.63, 3.8) is 0 Å². The first-order valence-corrected chi connectivity index (χ1v) is 11.0. The lowest BCUT2D eigenvalue weighted by Crippen LogP contribution is -2.24. The van der Waals surface area contributed by atoms with Gasteiger partial charge < -0.3 is 9.53 Å². The molecule has 0 aliphatic carbocycles. The van der Waals surface area contributed by atoms with Gasteiger partial charge >= 0.3 is 0 Å². The van der Waals surface area contributed by atoms with Crippen molar-refractivity contribution in [2.24, 2.45) is 0 Å². The Morgan fingerprint density at radius 3 is 2.57 bits per heavy atom. The Balaban J connectivity index is 2.57. The molecule has 1 N–H and O–H groups in total. The number of thioether (sulfide) groups is 1. The first kappa shape index (κ1) is 17.9. The third-order valence-corrected chi connectivity index (χ3v) is 5.54. The molecule has 1 rings (SSSR count). The summed E-state index contributed by atoms with van der Waals surface area (Å²) < 4.78 is 5.16. The highest BCUT2D eigenvalue weighted by molar-refractivity contribution is 8.15. The summed E-state index contributed by atoms with van der Waals surface area (Å²) in [6, 6.07) is 5.74. The van der Waals surface area contributed by atoms with Gasteiger partial charge in [-0.05, 0) is 44.1 Å². The minimum atomic E-state index is -2.07. The Morgan fingerprint density at radius 2 is 2.00 bits per heavy atom. The summed E-state index contributed by atoms with van der Waals surface area (Å²) in [5.74, 6) is 0.662. The van der Waals surface area contributed by atoms with E-state index in [4.69, 9.17) is 4.74 Å². The smallest absolute Gasteiger partial charge is 0.259 e. The van der Waals surface area contributed by atoms with E-state index in [1.807, 2.05) is 20.0 Å². The summed E-state index contributed by atoms with van der Waals surface area (Å²) in [7, 11) is -0.530. The number of aryl methyl sites for hydroxylation is 1. The number of ether oxygens (including phenoxy) is 1. The van der Waals surface area contributed by atoms with Crippen molar-refractivity contribution in [2.75, 3.05) is 12.9 Å². The molecule has 0 bridgehead atoms. The van der Waals surface area contributed by atoms with E-state index in [0.29, 0.717) is 17.1 Å². The van der Waals surface area contributed by atoms with Crippen LogP contribution in [-0.4, -0.2) is 36.9 Å². The summed E-state index contributed by atoms with van der Waals surface area (Å²) in [6.07, 6.45) is 0.747. The SMILES string of the molecule is COc1cc(C(=O)C(=O)SCCC[Si](C)(C)O)ccc1C. The summed E-state index contributed by atoms with van der Waals surface area (Å²) in [5, 5.41) is -0.460. The first-order chi connectivity index (χ1) is 9.74. The largest absolute Gasteiger partial charge is 0.496 e. The Hall–Kier alpha value is -1.11. The molecule has 0 atom stereocenters. The number of benzene rings is 1. The van der Waals surface area contributed by atoms with Crippen molar-refractivity contribution in [3.8, 4) is 5.75 Å². The van der Waals surface area contributed by atoms with Crippen LogP contribution in [0.5, 0.6) is 5.75 Å². The van der Waals surface area contributed by atoms with E-state index in [0.717, 1.165) is 29.8 Å². The Bertz CT molecular complexity index is 523. The van der Waals surface area contributed by atoms with Crippen LogP contribution in [0, 0.1) is 6.92 Å². The van der Waals surface area contributed by atoms with Crippen molar-refractivity contribution in [3.05, 3.63) is 29.3 Å². The van der Waals surface area contributed by atoms with Gasteiger partial charge in [0.25, 0.3) is 5.12 Å². The molecular formula is C15H22O4SSi. The van der Waals surface area contributed by atoms with E-state index in [-0.39, 0.29) is 0 Å². The molecule has 0 heterocycles. The number of rotatable bonds is 7. The molecule has 4 nitrogen and oxygen atoms in total. The van der Waals surface area contributed by atoms with Crippen molar-refractivity contribution < 1.29 is 19.1 Å². The van der Waals surface area contributed by atoms with E-state index in [1.165, 1.54) is 7.11 Å². The summed E-state index contributed by atoms with van der Waals surface area (Å²) >= 11 is 1.02. The van der Waals surface area contributed by atoms with E-state index in [2.05, 4.69) is 0 Å². The molecule has 0 amide bonds. The van der Waals surface area contributed by atoms with Crippen LogP contribution in [0.15, 0.2) is 18.2 Å². The van der Waals surface area contributed by atoms with Gasteiger partial charge in [-0.2, -0.15) is 0 Å². The molecule has 1 aromatic rings. The maximum Gasteiger partial charge on any atom is 0.259 e. The monoisotopic (exact) mass is 326 g/mol. The average molecular weight is 326 g/mol. The van der Waals surface area contributed by atoms with Crippen LogP contribution in [0.3, 0.4) is 0 Å². The van der Waals surface area contributed by atoms with Crippen LogP contribution in [-0.2, 0) is 4.79 Å². The average Bonchev–Trinajstić information content (AvgIpc) is 2.42. The Labute approximate surface area is 131 Å². The van der Waals surface area contributed by atoms with Crippen molar-refractivity contribution >= 4 is 31.0 Å². The highest BCUT2D eigenvalue weighted by atomic mass is 32.2. The molecule has 0 saturated heterocycles. The number of Topliss-reactive ketones (excluding diaryl/α,β-unsaturated/α-hetero) is 1. The van der Waals surface area contributed by atoms with Gasteiger partial charge in [0.15, 0.2) is 8.32 Å². The summed E-state index contributed by atoms with van der Waals surface area (Å²) in [4.78, 5) is 33.6. The zero-order valence-corrected chi connectivity index (χ0v) is 14.8. The minimum Gasteiger partial charge on any atom is -0.496 e. The van der Waals surface area contributed by atoms with Crippen molar-refractivity contribution in [1.82, 2.24) is 0 Å². The van der Waals surface area contributed by atoms with Gasteiger partial charge in [0.05, 0.1) is 7.11 Å². The molecule has 0 radical (unpaired) electrons. The minimum absolute atomic E-state index is 0.354. The lowest BCUT2D eigenvalue weighted by molar-refractivity contribution is -0.107. The summed E-state index contributed by atoms with van der Waals surface area (Å²) in [5.41, 5.74) is 1.27. The molecular weight excluding hydrogens is 304 g/mol. The van der Waals surface area contributed by atoms with Crippen LogP contribution in [0.2, 0.25) is 19.1 Å². The lowest BCUT2D eigenvalue weighted by Gasteiger charge is -2.12. The maximum absolute atomic E-state index is 12.0. The number of ketones is 1. The standard InChI is InChI=1S/C15H22O4SSi/c1-11-6-7-12(10-13(11)19-2)14(16)15(17)20-8-5-9-21(3,4)18/h6-7,10,18H,5,8-9H2,1-4H3. The van der Waals surface area contributed by atoms with Gasteiger partial charge in [-0.25, -0.2) is 0 Å². The molecule has 21 heavy (non-hydrogen) atoms. The van der Waals surface area contributed by atoms with Gasteiger partial charge in [0.1, 0.15) is 5.75 Å². The fourth-order valence-corrected chi connectivity index (χ4v) is 3.84. The Kier molecular flexibility index (Phi) is 6.64. The second kappa shape index (κ2) is 7.77. The fraction of sp³-hybridized carbons (Fsp3) is 0.467. The molecule has 0 aromatic heterocycles. The summed E-state index contributed by atoms with van der Waals surface area (Å²) in [6.45, 7) is 5.61. The molecule has 0 saturated carbocycles. The molecule has 116 valence electrons. The van der Waals surface area contributed by atoms with Gasteiger partial charge in [-0.3, -0.25) is 9.59 Å². The third-order valence-electron chi connectivity index (χ3n) is 3.02. The zero-order chi connectivity index (χ0) is 16.0. The van der Waals surface area contributed by atoms with Gasteiger partial charge in [0.2, 0.25) is 5.78 Å². The second-order valence-electron chi connectivity index (χ2n) is 5.57. The normalized spacial score (nSPS) is 11.3. The van der Waals surface area contributed by atoms with E-state index < -0.39 is 19.2 Å². The number of hydrogen-bond acceptors (Lipinski definition) is 5. The molecule has 6 heteroatoms. The van der Waals surface area contributed by atoms with E-state index >= 15 is 0 Å². The van der Waals surface area contributed by atoms with E-state index in [1.54, 1.807) is 18.2 Å². The highest BCUT2D eigenvalue weighted by Gasteiger charge is 2.19. The number of methoxy groups -OCH3 is 1. The number of carbonyl (C=O) groups excluding carboxylic acids is 2. The van der Waals surface area contributed by atoms with Crippen molar-refractivity contribution in [2.45, 2.75) is 32.5 Å². The fourth-order valence-electron chi connectivity index (χ4n) is 1.81. The topological polar surface area (TPSA) is 63.6 Å². The molecule has 0 aliphatic rings. The predicted molar refractivity (Wildman–Crippen MR) is 88.7 cm³/mol. The van der Waals surface area contributed by atoms with Gasteiger partial charge in [-0.15, -0.1) is 0 Å². The maximum atomic E-state index is 12.0. The van der Waals surface area contributed by atoms with Crippen LogP contribution in [0.1, 0.15) is 22.3 Å². The number of carbonyl (C=O) groups is 2. The van der Waals surface area contributed by atoms with Crippen LogP contribution >= 0.6 is 11.8 Å². The molecule has 1 aromatic carbocycles. The second-order valence-corrected chi connectivity index (χ2v) is 10.8. The zero-order valence-electron chi connectivity index (χ0n) is 12.9. The Morgan fingerprint density at radius 1 is 1.33 bits per heavy atom. The molecule has 0 fully saturated rings. The van der Waals surface area contributed by atoms with Crippen molar-refractivity contribution in [1.29, 1.82) is 0 Å². The van der Waals surface area contributed by atoms with Crippen LogP contribution in [0.25, 0.3) is 0 Å². The lowest BCUT2D eigenvalue weighted by atomic mass is 10.1. The molecule has 0 aliphatic heterocycles. The van der Waals surface area contributed by atoms with Crippen LogP contribution < -0.4 is 4.74 Å². The van der Waals surface area contributed by atoms with Gasteiger partial charge in [0, 0.05) is 11.3 Å². The molecule has 0 spiro atoms. The van der Waals surface area contributed by atoms with Gasteiger partial charge in [-0.1, -0.05) is 23.9 Å². The first-order valence-electron chi connectivity index (χ1n) is 6.83. The molecule has 0 unspecified atom stereocenters.